The van der Waals surface area contributed by atoms with Gasteiger partial charge in [0, 0.05) is 11.3 Å². The number of carbonyl (C=O) groups excluding carboxylic acids is 1. The van der Waals surface area contributed by atoms with Crippen LogP contribution in [0.25, 0.3) is 0 Å². The summed E-state index contributed by atoms with van der Waals surface area (Å²) in [5.74, 6) is 0.851. The van der Waals surface area contributed by atoms with E-state index in [1.54, 1.807) is 11.3 Å². The van der Waals surface area contributed by atoms with Gasteiger partial charge in [-0.05, 0) is 64.0 Å². The van der Waals surface area contributed by atoms with Crippen LogP contribution in [0.5, 0.6) is 0 Å². The van der Waals surface area contributed by atoms with Gasteiger partial charge in [-0.1, -0.05) is 12.8 Å². The van der Waals surface area contributed by atoms with Gasteiger partial charge in [-0.3, -0.25) is 4.79 Å². The summed E-state index contributed by atoms with van der Waals surface area (Å²) in [6.45, 7) is 2.21. The number of nitrogens with zero attached hydrogens (tertiary/aromatic N) is 1. The number of carbonyl (C=O) groups is 1. The lowest BCUT2D eigenvalue weighted by Crippen LogP contribution is -2.28. The summed E-state index contributed by atoms with van der Waals surface area (Å²) in [6, 6.07) is 0. The number of thiazole rings is 1. The number of amides is 1. The molecule has 1 saturated heterocycles. The summed E-state index contributed by atoms with van der Waals surface area (Å²) >= 11 is 1.69. The third-order valence-corrected chi connectivity index (χ3v) is 5.90. The smallest absolute Gasteiger partial charge is 0.226 e. The Morgan fingerprint density at radius 3 is 2.77 bits per heavy atom. The highest BCUT2D eigenvalue weighted by molar-refractivity contribution is 7.15. The number of hydrogen-bond donors (Lipinski definition) is 2. The zero-order valence-electron chi connectivity index (χ0n) is 13.3. The van der Waals surface area contributed by atoms with Crippen LogP contribution in [0.2, 0.25) is 0 Å². The number of hydrogen-bond acceptors (Lipinski definition) is 4. The van der Waals surface area contributed by atoms with Crippen molar-refractivity contribution in [2.75, 3.05) is 18.4 Å². The zero-order valence-corrected chi connectivity index (χ0v) is 14.1. The van der Waals surface area contributed by atoms with Gasteiger partial charge in [0.05, 0.1) is 5.69 Å². The maximum absolute atomic E-state index is 12.1. The van der Waals surface area contributed by atoms with E-state index in [0.717, 1.165) is 37.5 Å². The minimum absolute atomic E-state index is 0.139. The molecule has 1 aromatic rings. The third-order valence-electron chi connectivity index (χ3n) is 4.83. The SMILES string of the molecule is O=C(CCC1CCNCC1)Nc1nc2c(s1)CCCCCC2. The highest BCUT2D eigenvalue weighted by atomic mass is 32.1. The van der Waals surface area contributed by atoms with Gasteiger partial charge in [0.15, 0.2) is 5.13 Å². The highest BCUT2D eigenvalue weighted by Crippen LogP contribution is 2.28. The highest BCUT2D eigenvalue weighted by Gasteiger charge is 2.17. The molecule has 1 amide bonds. The average Bonchev–Trinajstić information content (AvgIpc) is 2.87. The van der Waals surface area contributed by atoms with E-state index < -0.39 is 0 Å². The molecule has 2 aliphatic rings. The minimum Gasteiger partial charge on any atom is -0.317 e. The van der Waals surface area contributed by atoms with Crippen molar-refractivity contribution in [3.63, 3.8) is 0 Å². The second-order valence-corrected chi connectivity index (χ2v) is 7.67. The number of fused-ring (bicyclic) bond motifs is 1. The first-order valence-electron chi connectivity index (χ1n) is 8.80. The van der Waals surface area contributed by atoms with E-state index in [9.17, 15) is 4.79 Å². The van der Waals surface area contributed by atoms with Gasteiger partial charge in [0.2, 0.25) is 5.91 Å². The number of aryl methyl sites for hydroxylation is 2. The zero-order chi connectivity index (χ0) is 15.2. The molecule has 0 spiro atoms. The van der Waals surface area contributed by atoms with Crippen molar-refractivity contribution in [2.45, 2.75) is 64.2 Å². The molecule has 1 aliphatic heterocycles. The Morgan fingerprint density at radius 1 is 1.18 bits per heavy atom. The van der Waals surface area contributed by atoms with Crippen molar-refractivity contribution in [1.82, 2.24) is 10.3 Å². The number of piperidine rings is 1. The lowest BCUT2D eigenvalue weighted by molar-refractivity contribution is -0.116. The third kappa shape index (κ3) is 4.53. The van der Waals surface area contributed by atoms with Crippen LogP contribution in [0.4, 0.5) is 5.13 Å². The summed E-state index contributed by atoms with van der Waals surface area (Å²) < 4.78 is 0. The lowest BCUT2D eigenvalue weighted by Gasteiger charge is -2.21. The molecule has 1 aromatic heterocycles. The van der Waals surface area contributed by atoms with Crippen molar-refractivity contribution in [3.05, 3.63) is 10.6 Å². The molecule has 1 fully saturated rings. The van der Waals surface area contributed by atoms with E-state index in [4.69, 9.17) is 0 Å². The number of nitrogens with one attached hydrogen (secondary N) is 2. The molecule has 4 nitrogen and oxygen atoms in total. The van der Waals surface area contributed by atoms with Crippen molar-refractivity contribution >= 4 is 22.4 Å². The summed E-state index contributed by atoms with van der Waals surface area (Å²) in [4.78, 5) is 18.2. The summed E-state index contributed by atoms with van der Waals surface area (Å²) in [6.07, 6.45) is 11.4. The minimum atomic E-state index is 0.139. The van der Waals surface area contributed by atoms with Crippen molar-refractivity contribution < 1.29 is 4.79 Å². The van der Waals surface area contributed by atoms with E-state index in [1.165, 1.54) is 49.1 Å². The largest absolute Gasteiger partial charge is 0.317 e. The molecule has 0 saturated carbocycles. The Morgan fingerprint density at radius 2 is 1.95 bits per heavy atom. The molecule has 122 valence electrons. The Labute approximate surface area is 137 Å². The Balaban J connectivity index is 1.49. The fraction of sp³-hybridized carbons (Fsp3) is 0.765. The summed E-state index contributed by atoms with van der Waals surface area (Å²) in [5, 5.41) is 7.23. The van der Waals surface area contributed by atoms with Crippen LogP contribution >= 0.6 is 11.3 Å². The van der Waals surface area contributed by atoms with Gasteiger partial charge >= 0.3 is 0 Å². The predicted molar refractivity (Wildman–Crippen MR) is 91.4 cm³/mol. The summed E-state index contributed by atoms with van der Waals surface area (Å²) in [5.41, 5.74) is 1.23. The van der Waals surface area contributed by atoms with Crippen LogP contribution in [0.15, 0.2) is 0 Å². The van der Waals surface area contributed by atoms with E-state index in [1.807, 2.05) is 0 Å². The maximum Gasteiger partial charge on any atom is 0.226 e. The number of rotatable bonds is 4. The Kier molecular flexibility index (Phi) is 5.84. The molecule has 0 radical (unpaired) electrons. The van der Waals surface area contributed by atoms with E-state index >= 15 is 0 Å². The van der Waals surface area contributed by atoms with Gasteiger partial charge < -0.3 is 10.6 Å². The van der Waals surface area contributed by atoms with Crippen LogP contribution in [-0.4, -0.2) is 24.0 Å². The molecule has 2 heterocycles. The molecule has 0 aromatic carbocycles. The lowest BCUT2D eigenvalue weighted by atomic mass is 9.93. The molecule has 5 heteroatoms. The van der Waals surface area contributed by atoms with E-state index in [-0.39, 0.29) is 5.91 Å². The second-order valence-electron chi connectivity index (χ2n) is 6.58. The normalized spacial score (nSPS) is 20.0. The van der Waals surface area contributed by atoms with Gasteiger partial charge in [0.25, 0.3) is 0 Å². The average molecular weight is 321 g/mol. The van der Waals surface area contributed by atoms with Gasteiger partial charge in [-0.15, -0.1) is 11.3 Å². The Hall–Kier alpha value is -0.940. The molecular weight excluding hydrogens is 294 g/mol. The van der Waals surface area contributed by atoms with Crippen LogP contribution in [0.3, 0.4) is 0 Å². The first-order valence-corrected chi connectivity index (χ1v) is 9.62. The van der Waals surface area contributed by atoms with Crippen LogP contribution in [0, 0.1) is 5.92 Å². The van der Waals surface area contributed by atoms with Crippen molar-refractivity contribution in [3.8, 4) is 0 Å². The number of aromatic nitrogens is 1. The molecule has 1 aliphatic carbocycles. The fourth-order valence-corrected chi connectivity index (χ4v) is 4.51. The molecule has 22 heavy (non-hydrogen) atoms. The quantitative estimate of drug-likeness (QED) is 0.892. The topological polar surface area (TPSA) is 54.0 Å². The van der Waals surface area contributed by atoms with E-state index in [2.05, 4.69) is 15.6 Å². The monoisotopic (exact) mass is 321 g/mol. The predicted octanol–water partition coefficient (Wildman–Crippen LogP) is 3.52. The van der Waals surface area contributed by atoms with Crippen LogP contribution in [0.1, 0.15) is 61.9 Å². The molecule has 0 unspecified atom stereocenters. The van der Waals surface area contributed by atoms with Crippen molar-refractivity contribution in [1.29, 1.82) is 0 Å². The molecule has 2 N–H and O–H groups in total. The van der Waals surface area contributed by atoms with Gasteiger partial charge in [0.1, 0.15) is 0 Å². The first kappa shape index (κ1) is 15.9. The van der Waals surface area contributed by atoms with Crippen LogP contribution in [-0.2, 0) is 17.6 Å². The Bertz CT molecular complexity index is 469. The molecular formula is C17H27N3OS. The summed E-state index contributed by atoms with van der Waals surface area (Å²) in [7, 11) is 0. The second kappa shape index (κ2) is 8.06. The number of anilines is 1. The van der Waals surface area contributed by atoms with Gasteiger partial charge in [-0.25, -0.2) is 4.98 Å². The molecule has 0 atom stereocenters. The van der Waals surface area contributed by atoms with E-state index in [0.29, 0.717) is 12.3 Å². The van der Waals surface area contributed by atoms with Gasteiger partial charge in [-0.2, -0.15) is 0 Å². The van der Waals surface area contributed by atoms with Crippen LogP contribution < -0.4 is 10.6 Å². The molecule has 3 rings (SSSR count). The first-order chi connectivity index (χ1) is 10.8. The fourth-order valence-electron chi connectivity index (χ4n) is 3.45. The molecule has 0 bridgehead atoms. The standard InChI is InChI=1S/C17H27N3OS/c21-16(8-7-13-9-11-18-12-10-13)20-17-19-14-5-3-1-2-4-6-15(14)22-17/h13,18H,1-12H2,(H,19,20,21). The van der Waals surface area contributed by atoms with Crippen molar-refractivity contribution in [2.24, 2.45) is 5.92 Å². The maximum atomic E-state index is 12.1.